The van der Waals surface area contributed by atoms with E-state index in [1.54, 1.807) is 12.1 Å². The zero-order valence-electron chi connectivity index (χ0n) is 19.3. The molecule has 1 amide bonds. The zero-order chi connectivity index (χ0) is 23.5. The molecule has 5 rings (SSSR count). The molecule has 34 heavy (non-hydrogen) atoms. The van der Waals surface area contributed by atoms with Crippen LogP contribution in [0.4, 0.5) is 11.8 Å². The first-order valence-electron chi connectivity index (χ1n) is 11.6. The van der Waals surface area contributed by atoms with Crippen LogP contribution in [0.2, 0.25) is 5.02 Å². The average Bonchev–Trinajstić information content (AvgIpc) is 2.88. The molecule has 1 saturated heterocycles. The van der Waals surface area contributed by atoms with Crippen LogP contribution in [0.15, 0.2) is 54.6 Å². The van der Waals surface area contributed by atoms with Crippen LogP contribution in [0, 0.1) is 0 Å². The van der Waals surface area contributed by atoms with Crippen molar-refractivity contribution in [3.63, 3.8) is 0 Å². The van der Waals surface area contributed by atoms with Crippen molar-refractivity contribution in [3.05, 3.63) is 82.0 Å². The second kappa shape index (κ2) is 9.99. The highest BCUT2D eigenvalue weighted by molar-refractivity contribution is 6.33. The summed E-state index contributed by atoms with van der Waals surface area (Å²) in [5.41, 5.74) is 3.76. The van der Waals surface area contributed by atoms with Gasteiger partial charge >= 0.3 is 0 Å². The Morgan fingerprint density at radius 2 is 1.76 bits per heavy atom. The molecular weight excluding hydrogens is 450 g/mol. The van der Waals surface area contributed by atoms with E-state index in [1.807, 2.05) is 42.3 Å². The Bertz CT molecular complexity index is 1170. The van der Waals surface area contributed by atoms with Gasteiger partial charge in [-0.2, -0.15) is 4.98 Å². The van der Waals surface area contributed by atoms with E-state index >= 15 is 0 Å². The minimum atomic E-state index is -0.0607. The lowest BCUT2D eigenvalue weighted by Crippen LogP contribution is -2.41. The third-order valence-corrected chi connectivity index (χ3v) is 6.66. The van der Waals surface area contributed by atoms with Gasteiger partial charge < -0.3 is 19.4 Å². The molecule has 1 fully saturated rings. The van der Waals surface area contributed by atoms with E-state index in [1.165, 1.54) is 5.56 Å². The number of hydrogen-bond acceptors (Lipinski definition) is 6. The van der Waals surface area contributed by atoms with Crippen molar-refractivity contribution in [2.75, 3.05) is 49.7 Å². The van der Waals surface area contributed by atoms with E-state index in [0.717, 1.165) is 36.7 Å². The van der Waals surface area contributed by atoms with Gasteiger partial charge in [-0.3, -0.25) is 4.79 Å². The third-order valence-electron chi connectivity index (χ3n) is 6.33. The molecule has 176 valence electrons. The van der Waals surface area contributed by atoms with Crippen LogP contribution in [0.5, 0.6) is 0 Å². The van der Waals surface area contributed by atoms with Crippen molar-refractivity contribution in [2.45, 2.75) is 19.5 Å². The lowest BCUT2D eigenvalue weighted by molar-refractivity contribution is 0.0733. The second-order valence-corrected chi connectivity index (χ2v) is 9.08. The summed E-state index contributed by atoms with van der Waals surface area (Å²) in [6, 6.07) is 17.5. The number of fused-ring (bicyclic) bond motifs is 1. The first-order valence-corrected chi connectivity index (χ1v) is 12.0. The Hall–Kier alpha value is -3.16. The number of ether oxygens (including phenoxy) is 1. The Kier molecular flexibility index (Phi) is 6.65. The molecule has 0 spiro atoms. The van der Waals surface area contributed by atoms with Gasteiger partial charge in [0, 0.05) is 45.2 Å². The topological polar surface area (TPSA) is 61.8 Å². The quantitative estimate of drug-likeness (QED) is 0.557. The van der Waals surface area contributed by atoms with Gasteiger partial charge in [-0.05, 0) is 17.7 Å². The highest BCUT2D eigenvalue weighted by Crippen LogP contribution is 2.31. The molecule has 8 heteroatoms. The lowest BCUT2D eigenvalue weighted by atomic mass is 10.0. The third kappa shape index (κ3) is 4.72. The van der Waals surface area contributed by atoms with E-state index in [-0.39, 0.29) is 5.91 Å². The second-order valence-electron chi connectivity index (χ2n) is 8.67. The summed E-state index contributed by atoms with van der Waals surface area (Å²) in [6.07, 6.45) is 0.678. The van der Waals surface area contributed by atoms with Crippen molar-refractivity contribution in [1.82, 2.24) is 14.9 Å². The number of rotatable bonds is 5. The Labute approximate surface area is 204 Å². The van der Waals surface area contributed by atoms with Crippen LogP contribution < -0.4 is 9.80 Å². The molecule has 0 atom stereocenters. The summed E-state index contributed by atoms with van der Waals surface area (Å²) in [7, 11) is 2.02. The number of carbonyl (C=O) groups is 1. The number of morpholine rings is 1. The monoisotopic (exact) mass is 477 g/mol. The lowest BCUT2D eigenvalue weighted by Gasteiger charge is -2.35. The predicted octanol–water partition coefficient (Wildman–Crippen LogP) is 3.80. The molecule has 0 aliphatic carbocycles. The maximum absolute atomic E-state index is 13.3. The van der Waals surface area contributed by atoms with Crippen LogP contribution in [0.3, 0.4) is 0 Å². The van der Waals surface area contributed by atoms with Gasteiger partial charge in [0.25, 0.3) is 5.91 Å². The number of aromatic nitrogens is 2. The SMILES string of the molecule is CN(Cc1ccccc1)c1nc2c(c(N3CCOCC3)n1)CN(C(=O)c1ccccc1Cl)CC2. The Morgan fingerprint density at radius 1 is 1.03 bits per heavy atom. The van der Waals surface area contributed by atoms with Gasteiger partial charge in [0.15, 0.2) is 0 Å². The van der Waals surface area contributed by atoms with E-state index in [2.05, 4.69) is 21.9 Å². The number of nitrogens with zero attached hydrogens (tertiary/aromatic N) is 5. The fourth-order valence-electron chi connectivity index (χ4n) is 4.50. The van der Waals surface area contributed by atoms with Gasteiger partial charge in [0.05, 0.1) is 36.0 Å². The molecule has 1 aromatic heterocycles. The first-order chi connectivity index (χ1) is 16.6. The summed E-state index contributed by atoms with van der Waals surface area (Å²) in [5.74, 6) is 1.55. The van der Waals surface area contributed by atoms with Gasteiger partial charge in [-0.25, -0.2) is 4.98 Å². The summed E-state index contributed by atoms with van der Waals surface area (Å²) in [6.45, 7) is 4.65. The molecular formula is C26H28ClN5O2. The molecule has 7 nitrogen and oxygen atoms in total. The van der Waals surface area contributed by atoms with Crippen molar-refractivity contribution in [2.24, 2.45) is 0 Å². The van der Waals surface area contributed by atoms with E-state index < -0.39 is 0 Å². The smallest absolute Gasteiger partial charge is 0.255 e. The van der Waals surface area contributed by atoms with Gasteiger partial charge in [-0.1, -0.05) is 54.1 Å². The molecule has 2 aliphatic heterocycles. The average molecular weight is 478 g/mol. The number of hydrogen-bond donors (Lipinski definition) is 0. The van der Waals surface area contributed by atoms with Gasteiger partial charge in [0.1, 0.15) is 5.82 Å². The molecule has 3 heterocycles. The fraction of sp³-hybridized carbons (Fsp3) is 0.346. The summed E-state index contributed by atoms with van der Waals surface area (Å²) in [4.78, 5) is 29.4. The minimum absolute atomic E-state index is 0.0607. The number of benzene rings is 2. The molecule has 0 bridgehead atoms. The summed E-state index contributed by atoms with van der Waals surface area (Å²) in [5, 5.41) is 0.473. The standard InChI is InChI=1S/C26H28ClN5O2/c1-30(17-19-7-3-2-4-8-19)26-28-23-11-12-32(25(33)20-9-5-6-10-22(20)27)18-21(23)24(29-26)31-13-15-34-16-14-31/h2-10H,11-18H2,1H3. The molecule has 0 radical (unpaired) electrons. The largest absolute Gasteiger partial charge is 0.378 e. The van der Waals surface area contributed by atoms with E-state index in [0.29, 0.717) is 49.3 Å². The minimum Gasteiger partial charge on any atom is -0.378 e. The van der Waals surface area contributed by atoms with Crippen LogP contribution in [-0.4, -0.2) is 60.7 Å². The van der Waals surface area contributed by atoms with Crippen molar-refractivity contribution >= 4 is 29.3 Å². The maximum Gasteiger partial charge on any atom is 0.255 e. The molecule has 0 unspecified atom stereocenters. The zero-order valence-corrected chi connectivity index (χ0v) is 20.0. The molecule has 2 aromatic carbocycles. The molecule has 0 N–H and O–H groups in total. The van der Waals surface area contributed by atoms with Crippen LogP contribution in [0.25, 0.3) is 0 Å². The molecule has 0 saturated carbocycles. The van der Waals surface area contributed by atoms with Crippen molar-refractivity contribution < 1.29 is 9.53 Å². The normalized spacial score (nSPS) is 15.7. The number of carbonyl (C=O) groups excluding carboxylic acids is 1. The Balaban J connectivity index is 1.46. The number of halogens is 1. The van der Waals surface area contributed by atoms with Crippen molar-refractivity contribution in [1.29, 1.82) is 0 Å². The highest BCUT2D eigenvalue weighted by atomic mass is 35.5. The number of amides is 1. The summed E-state index contributed by atoms with van der Waals surface area (Å²) < 4.78 is 5.58. The highest BCUT2D eigenvalue weighted by Gasteiger charge is 2.30. The van der Waals surface area contributed by atoms with Crippen molar-refractivity contribution in [3.8, 4) is 0 Å². The fourth-order valence-corrected chi connectivity index (χ4v) is 4.71. The van der Waals surface area contributed by atoms with Crippen LogP contribution >= 0.6 is 11.6 Å². The summed E-state index contributed by atoms with van der Waals surface area (Å²) >= 11 is 6.31. The molecule has 3 aromatic rings. The Morgan fingerprint density at radius 3 is 2.53 bits per heavy atom. The van der Waals surface area contributed by atoms with E-state index in [4.69, 9.17) is 26.3 Å². The van der Waals surface area contributed by atoms with Gasteiger partial charge in [0.2, 0.25) is 5.95 Å². The maximum atomic E-state index is 13.3. The number of anilines is 2. The predicted molar refractivity (Wildman–Crippen MR) is 134 cm³/mol. The van der Waals surface area contributed by atoms with Gasteiger partial charge in [-0.15, -0.1) is 0 Å². The first kappa shape index (κ1) is 22.6. The van der Waals surface area contributed by atoms with E-state index in [9.17, 15) is 4.79 Å². The van der Waals surface area contributed by atoms with Crippen LogP contribution in [-0.2, 0) is 24.2 Å². The molecule has 2 aliphatic rings. The van der Waals surface area contributed by atoms with Crippen LogP contribution in [0.1, 0.15) is 27.2 Å².